The zero-order valence-electron chi connectivity index (χ0n) is 11.1. The zero-order valence-corrected chi connectivity index (χ0v) is 11.9. The van der Waals surface area contributed by atoms with Gasteiger partial charge in [-0.05, 0) is 37.1 Å². The monoisotopic (exact) mass is 282 g/mol. The Morgan fingerprint density at radius 1 is 1.26 bits per heavy atom. The summed E-state index contributed by atoms with van der Waals surface area (Å²) in [6.45, 7) is 0. The summed E-state index contributed by atoms with van der Waals surface area (Å²) >= 11 is 0. The van der Waals surface area contributed by atoms with E-state index in [1.807, 2.05) is 0 Å². The first-order chi connectivity index (χ1) is 8.88. The molecule has 0 aromatic heterocycles. The molecule has 1 amide bonds. The van der Waals surface area contributed by atoms with Gasteiger partial charge >= 0.3 is 0 Å². The molecule has 5 nitrogen and oxygen atoms in total. The fraction of sp³-hybridized carbons (Fsp3) is 0.462. The summed E-state index contributed by atoms with van der Waals surface area (Å²) in [7, 11) is -1.76. The first-order valence-electron chi connectivity index (χ1n) is 6.23. The van der Waals surface area contributed by atoms with Crippen molar-refractivity contribution >= 4 is 27.3 Å². The quantitative estimate of drug-likeness (QED) is 0.916. The van der Waals surface area contributed by atoms with Gasteiger partial charge in [0.1, 0.15) is 0 Å². The van der Waals surface area contributed by atoms with Crippen LogP contribution in [0.1, 0.15) is 19.3 Å². The first-order valence-corrected chi connectivity index (χ1v) is 8.07. The number of carbonyl (C=O) groups excluding carboxylic acids is 1. The maximum atomic E-state index is 11.8. The highest BCUT2D eigenvalue weighted by Gasteiger charge is 2.25. The predicted octanol–water partition coefficient (Wildman–Crippen LogP) is 1.82. The molecule has 6 heteroatoms. The number of sulfonamides is 1. The second-order valence-electron chi connectivity index (χ2n) is 4.89. The minimum Gasteiger partial charge on any atom is -0.326 e. The van der Waals surface area contributed by atoms with Gasteiger partial charge in [0.25, 0.3) is 0 Å². The number of hydrogen-bond donors (Lipinski definition) is 1. The van der Waals surface area contributed by atoms with Gasteiger partial charge in [-0.2, -0.15) is 0 Å². The maximum Gasteiger partial charge on any atom is 0.231 e. The molecule has 1 aliphatic carbocycles. The van der Waals surface area contributed by atoms with Crippen molar-refractivity contribution in [2.75, 3.05) is 22.9 Å². The van der Waals surface area contributed by atoms with Crippen molar-refractivity contribution in [3.8, 4) is 0 Å². The molecule has 1 saturated carbocycles. The van der Waals surface area contributed by atoms with Gasteiger partial charge in [0, 0.05) is 18.7 Å². The highest BCUT2D eigenvalue weighted by atomic mass is 32.2. The lowest BCUT2D eigenvalue weighted by molar-refractivity contribution is -0.122. The Morgan fingerprint density at radius 2 is 1.84 bits per heavy atom. The van der Waals surface area contributed by atoms with E-state index >= 15 is 0 Å². The van der Waals surface area contributed by atoms with E-state index in [9.17, 15) is 13.2 Å². The van der Waals surface area contributed by atoms with Gasteiger partial charge in [-0.1, -0.05) is 6.42 Å². The van der Waals surface area contributed by atoms with Crippen molar-refractivity contribution in [1.82, 2.24) is 0 Å². The Balaban J connectivity index is 2.04. The molecule has 1 fully saturated rings. The summed E-state index contributed by atoms with van der Waals surface area (Å²) in [5.41, 5.74) is 1.27. The Bertz CT molecular complexity index is 562. The first kappa shape index (κ1) is 13.9. The molecule has 1 aromatic carbocycles. The van der Waals surface area contributed by atoms with Crippen LogP contribution in [-0.2, 0) is 14.8 Å². The number of benzene rings is 1. The van der Waals surface area contributed by atoms with Crippen molar-refractivity contribution in [1.29, 1.82) is 0 Å². The van der Waals surface area contributed by atoms with E-state index < -0.39 is 10.0 Å². The van der Waals surface area contributed by atoms with Crippen molar-refractivity contribution in [2.45, 2.75) is 19.3 Å². The highest BCUT2D eigenvalue weighted by Crippen LogP contribution is 2.28. The molecule has 0 heterocycles. The Labute approximate surface area is 113 Å². The summed E-state index contributed by atoms with van der Waals surface area (Å²) in [6.07, 6.45) is 4.19. The summed E-state index contributed by atoms with van der Waals surface area (Å²) in [5.74, 6) is 0.189. The van der Waals surface area contributed by atoms with Crippen LogP contribution in [0.4, 0.5) is 11.4 Å². The van der Waals surface area contributed by atoms with Crippen LogP contribution < -0.4 is 9.62 Å². The van der Waals surface area contributed by atoms with Crippen molar-refractivity contribution in [3.63, 3.8) is 0 Å². The largest absolute Gasteiger partial charge is 0.326 e. The number of hydrogen-bond acceptors (Lipinski definition) is 3. The lowest BCUT2D eigenvalue weighted by Gasteiger charge is -2.24. The standard InChI is InChI=1S/C13H18N2O3S/c1-15(19(2,17)18)12-8-6-11(7-9-12)14-13(16)10-4-3-5-10/h6-10H,3-5H2,1-2H3,(H,14,16). The second-order valence-corrected chi connectivity index (χ2v) is 6.91. The Kier molecular flexibility index (Phi) is 3.80. The van der Waals surface area contributed by atoms with Crippen LogP contribution in [0.3, 0.4) is 0 Å². The minimum atomic E-state index is -3.25. The summed E-state index contributed by atoms with van der Waals surface area (Å²) in [6, 6.07) is 6.79. The van der Waals surface area contributed by atoms with Gasteiger partial charge in [-0.15, -0.1) is 0 Å². The van der Waals surface area contributed by atoms with E-state index in [1.165, 1.54) is 11.4 Å². The number of rotatable bonds is 4. The van der Waals surface area contributed by atoms with Gasteiger partial charge < -0.3 is 5.32 Å². The topological polar surface area (TPSA) is 66.5 Å². The fourth-order valence-electron chi connectivity index (χ4n) is 1.86. The van der Waals surface area contributed by atoms with Crippen molar-refractivity contribution < 1.29 is 13.2 Å². The third-order valence-corrected chi connectivity index (χ3v) is 4.68. The third kappa shape index (κ3) is 3.26. The van der Waals surface area contributed by atoms with Gasteiger partial charge in [0.15, 0.2) is 0 Å². The van der Waals surface area contributed by atoms with Crippen molar-refractivity contribution in [2.24, 2.45) is 5.92 Å². The normalized spacial score (nSPS) is 15.7. The van der Waals surface area contributed by atoms with Crippen LogP contribution in [0.25, 0.3) is 0 Å². The van der Waals surface area contributed by atoms with Crippen LogP contribution in [0.15, 0.2) is 24.3 Å². The lowest BCUT2D eigenvalue weighted by Crippen LogP contribution is -2.28. The fourth-order valence-corrected chi connectivity index (χ4v) is 2.37. The smallest absolute Gasteiger partial charge is 0.231 e. The molecule has 1 aliphatic rings. The molecule has 0 radical (unpaired) electrons. The van der Waals surface area contributed by atoms with Gasteiger partial charge in [0.2, 0.25) is 15.9 Å². The molecule has 0 saturated heterocycles. The van der Waals surface area contributed by atoms with Gasteiger partial charge in [-0.25, -0.2) is 8.42 Å². The van der Waals surface area contributed by atoms with E-state index in [0.717, 1.165) is 25.5 Å². The Hall–Kier alpha value is -1.56. The van der Waals surface area contributed by atoms with E-state index in [1.54, 1.807) is 24.3 Å². The van der Waals surface area contributed by atoms with Crippen LogP contribution >= 0.6 is 0 Å². The maximum absolute atomic E-state index is 11.8. The molecule has 1 aromatic rings. The second kappa shape index (κ2) is 5.21. The molecular weight excluding hydrogens is 264 g/mol. The number of anilines is 2. The minimum absolute atomic E-state index is 0.0514. The molecule has 0 bridgehead atoms. The molecule has 0 aliphatic heterocycles. The van der Waals surface area contributed by atoms with E-state index in [4.69, 9.17) is 0 Å². The molecule has 1 N–H and O–H groups in total. The lowest BCUT2D eigenvalue weighted by atomic mass is 9.85. The molecular formula is C13H18N2O3S. The number of amides is 1. The Morgan fingerprint density at radius 3 is 2.26 bits per heavy atom. The predicted molar refractivity (Wildman–Crippen MR) is 75.7 cm³/mol. The summed E-state index contributed by atoms with van der Waals surface area (Å²) in [4.78, 5) is 11.8. The van der Waals surface area contributed by atoms with Crippen LogP contribution in [0.2, 0.25) is 0 Å². The van der Waals surface area contributed by atoms with Crippen LogP contribution in [0.5, 0.6) is 0 Å². The van der Waals surface area contributed by atoms with Gasteiger partial charge in [-0.3, -0.25) is 9.10 Å². The molecule has 0 atom stereocenters. The van der Waals surface area contributed by atoms with Crippen LogP contribution in [-0.4, -0.2) is 27.6 Å². The number of nitrogens with one attached hydrogen (secondary N) is 1. The van der Waals surface area contributed by atoms with Crippen molar-refractivity contribution in [3.05, 3.63) is 24.3 Å². The molecule has 2 rings (SSSR count). The van der Waals surface area contributed by atoms with Crippen LogP contribution in [0, 0.1) is 5.92 Å². The number of carbonyl (C=O) groups is 1. The number of nitrogens with zero attached hydrogens (tertiary/aromatic N) is 1. The molecule has 0 spiro atoms. The van der Waals surface area contributed by atoms with E-state index in [0.29, 0.717) is 11.4 Å². The highest BCUT2D eigenvalue weighted by molar-refractivity contribution is 7.92. The molecule has 104 valence electrons. The summed E-state index contributed by atoms with van der Waals surface area (Å²) in [5, 5.41) is 2.84. The molecule has 0 unspecified atom stereocenters. The van der Waals surface area contributed by atoms with E-state index in [-0.39, 0.29) is 11.8 Å². The SMILES string of the molecule is CN(c1ccc(NC(=O)C2CCC2)cc1)S(C)(=O)=O. The average molecular weight is 282 g/mol. The summed E-state index contributed by atoms with van der Waals surface area (Å²) < 4.78 is 24.0. The average Bonchev–Trinajstić information content (AvgIpc) is 2.25. The third-order valence-electron chi connectivity index (χ3n) is 3.47. The zero-order chi connectivity index (χ0) is 14.0. The van der Waals surface area contributed by atoms with E-state index in [2.05, 4.69) is 5.32 Å². The molecule has 19 heavy (non-hydrogen) atoms. The van der Waals surface area contributed by atoms with Gasteiger partial charge in [0.05, 0.1) is 11.9 Å².